The lowest BCUT2D eigenvalue weighted by Crippen LogP contribution is -2.36. The second-order valence-corrected chi connectivity index (χ2v) is 6.71. The normalized spacial score (nSPS) is 16.5. The molecule has 0 bridgehead atoms. The Morgan fingerprint density at radius 3 is 3.00 bits per heavy atom. The molecule has 2 aromatic heterocycles. The first-order valence-electron chi connectivity index (χ1n) is 9.11. The number of hydrogen-bond donors (Lipinski definition) is 0. The zero-order valence-corrected chi connectivity index (χ0v) is 15.0. The second kappa shape index (κ2) is 7.84. The summed E-state index contributed by atoms with van der Waals surface area (Å²) in [4.78, 5) is 22.7. The van der Waals surface area contributed by atoms with E-state index in [1.165, 1.54) is 0 Å². The molecular weight excluding hydrogens is 366 g/mol. The summed E-state index contributed by atoms with van der Waals surface area (Å²) in [6.07, 6.45) is 6.06. The standard InChI is InChI=1S/C20H18F2N4O2/c21-14-5-7-17(22)16(11-14)20(27)26-10-2-4-15(26)6-8-18-24-19(28-25-18)13-3-1-9-23-12-13/h1,3,5,7,9,11-12,15H,2,4,6,8,10H2. The number of hydrogen-bond acceptors (Lipinski definition) is 5. The Labute approximate surface area is 160 Å². The number of benzene rings is 1. The molecule has 1 aliphatic rings. The third kappa shape index (κ3) is 3.76. The Kier molecular flexibility index (Phi) is 5.10. The maximum Gasteiger partial charge on any atom is 0.259 e. The van der Waals surface area contributed by atoms with Crippen molar-refractivity contribution in [2.45, 2.75) is 31.7 Å². The van der Waals surface area contributed by atoms with Crippen molar-refractivity contribution >= 4 is 5.91 Å². The summed E-state index contributed by atoms with van der Waals surface area (Å²) in [7, 11) is 0. The van der Waals surface area contributed by atoms with Gasteiger partial charge in [-0.25, -0.2) is 8.78 Å². The Morgan fingerprint density at radius 2 is 2.18 bits per heavy atom. The molecule has 4 rings (SSSR count). The number of rotatable bonds is 5. The number of aryl methyl sites for hydroxylation is 1. The minimum absolute atomic E-state index is 0.0736. The van der Waals surface area contributed by atoms with E-state index in [9.17, 15) is 13.6 Å². The number of halogens is 2. The van der Waals surface area contributed by atoms with Gasteiger partial charge in [0, 0.05) is 31.4 Å². The van der Waals surface area contributed by atoms with Crippen molar-refractivity contribution in [1.82, 2.24) is 20.0 Å². The molecule has 28 heavy (non-hydrogen) atoms. The Morgan fingerprint density at radius 1 is 1.29 bits per heavy atom. The fourth-order valence-electron chi connectivity index (χ4n) is 3.48. The largest absolute Gasteiger partial charge is 0.336 e. The predicted octanol–water partition coefficient (Wildman–Crippen LogP) is 3.65. The van der Waals surface area contributed by atoms with Crippen LogP contribution in [0, 0.1) is 11.6 Å². The molecule has 0 N–H and O–H groups in total. The highest BCUT2D eigenvalue weighted by atomic mass is 19.1. The molecule has 144 valence electrons. The Balaban J connectivity index is 1.43. The molecule has 6 nitrogen and oxygen atoms in total. The lowest BCUT2D eigenvalue weighted by Gasteiger charge is -2.24. The summed E-state index contributed by atoms with van der Waals surface area (Å²) in [5.74, 6) is -0.894. The van der Waals surface area contributed by atoms with E-state index < -0.39 is 17.5 Å². The highest BCUT2D eigenvalue weighted by Gasteiger charge is 2.31. The van der Waals surface area contributed by atoms with Gasteiger partial charge in [0.15, 0.2) is 5.82 Å². The first-order valence-corrected chi connectivity index (χ1v) is 9.11. The van der Waals surface area contributed by atoms with Crippen LogP contribution in [-0.2, 0) is 6.42 Å². The first-order chi connectivity index (χ1) is 13.6. The molecule has 0 saturated carbocycles. The molecule has 1 atom stereocenters. The molecule has 1 fully saturated rings. The van der Waals surface area contributed by atoms with Crippen molar-refractivity contribution in [3.05, 3.63) is 65.7 Å². The monoisotopic (exact) mass is 384 g/mol. The van der Waals surface area contributed by atoms with Crippen LogP contribution >= 0.6 is 0 Å². The molecular formula is C20H18F2N4O2. The van der Waals surface area contributed by atoms with Gasteiger partial charge in [0.25, 0.3) is 11.8 Å². The third-order valence-corrected chi connectivity index (χ3v) is 4.87. The van der Waals surface area contributed by atoms with Crippen LogP contribution in [0.3, 0.4) is 0 Å². The predicted molar refractivity (Wildman–Crippen MR) is 96.3 cm³/mol. The van der Waals surface area contributed by atoms with Crippen molar-refractivity contribution in [2.75, 3.05) is 6.54 Å². The maximum absolute atomic E-state index is 14.0. The summed E-state index contributed by atoms with van der Waals surface area (Å²) < 4.78 is 32.7. The van der Waals surface area contributed by atoms with Crippen LogP contribution in [0.4, 0.5) is 8.78 Å². The van der Waals surface area contributed by atoms with Gasteiger partial charge in [-0.2, -0.15) is 4.98 Å². The van der Waals surface area contributed by atoms with Gasteiger partial charge in [-0.1, -0.05) is 5.16 Å². The molecule has 8 heteroatoms. The highest BCUT2D eigenvalue weighted by Crippen LogP contribution is 2.25. The van der Waals surface area contributed by atoms with Crippen LogP contribution in [0.25, 0.3) is 11.5 Å². The van der Waals surface area contributed by atoms with E-state index in [1.54, 1.807) is 23.4 Å². The number of nitrogens with zero attached hydrogens (tertiary/aromatic N) is 4. The average Bonchev–Trinajstić information content (AvgIpc) is 3.37. The molecule has 3 heterocycles. The van der Waals surface area contributed by atoms with E-state index in [0.29, 0.717) is 31.1 Å². The molecule has 1 unspecified atom stereocenters. The molecule has 1 saturated heterocycles. The van der Waals surface area contributed by atoms with Gasteiger partial charge < -0.3 is 9.42 Å². The number of aromatic nitrogens is 3. The van der Waals surface area contributed by atoms with Crippen LogP contribution < -0.4 is 0 Å². The molecule has 1 aromatic carbocycles. The molecule has 0 spiro atoms. The van der Waals surface area contributed by atoms with Crippen molar-refractivity contribution in [3.63, 3.8) is 0 Å². The lowest BCUT2D eigenvalue weighted by molar-refractivity contribution is 0.0725. The van der Waals surface area contributed by atoms with Gasteiger partial charge in [-0.05, 0) is 49.6 Å². The fourth-order valence-corrected chi connectivity index (χ4v) is 3.48. The minimum Gasteiger partial charge on any atom is -0.336 e. The second-order valence-electron chi connectivity index (χ2n) is 6.71. The zero-order chi connectivity index (χ0) is 19.5. The van der Waals surface area contributed by atoms with E-state index >= 15 is 0 Å². The summed E-state index contributed by atoms with van der Waals surface area (Å²) in [6.45, 7) is 0.520. The van der Waals surface area contributed by atoms with Gasteiger partial charge in [0.2, 0.25) is 0 Å². The SMILES string of the molecule is O=C(c1cc(F)ccc1F)N1CCCC1CCc1noc(-c2cccnc2)n1. The molecule has 1 amide bonds. The maximum atomic E-state index is 14.0. The summed E-state index contributed by atoms with van der Waals surface area (Å²) in [5, 5.41) is 3.98. The summed E-state index contributed by atoms with van der Waals surface area (Å²) >= 11 is 0. The topological polar surface area (TPSA) is 72.1 Å². The smallest absolute Gasteiger partial charge is 0.259 e. The zero-order valence-electron chi connectivity index (χ0n) is 15.0. The van der Waals surface area contributed by atoms with Gasteiger partial charge >= 0.3 is 0 Å². The van der Waals surface area contributed by atoms with Gasteiger partial charge in [-0.15, -0.1) is 0 Å². The van der Waals surface area contributed by atoms with E-state index in [1.807, 2.05) is 6.07 Å². The average molecular weight is 384 g/mol. The van der Waals surface area contributed by atoms with Crippen LogP contribution in [0.1, 0.15) is 35.4 Å². The van der Waals surface area contributed by atoms with Gasteiger partial charge in [0.05, 0.1) is 11.1 Å². The number of amides is 1. The van der Waals surface area contributed by atoms with E-state index in [-0.39, 0.29) is 11.6 Å². The lowest BCUT2D eigenvalue weighted by atomic mass is 10.1. The number of pyridine rings is 1. The van der Waals surface area contributed by atoms with Gasteiger partial charge in [-0.3, -0.25) is 9.78 Å². The fraction of sp³-hybridized carbons (Fsp3) is 0.300. The van der Waals surface area contributed by atoms with Crippen molar-refractivity contribution < 1.29 is 18.1 Å². The van der Waals surface area contributed by atoms with E-state index in [0.717, 1.165) is 36.6 Å². The quantitative estimate of drug-likeness (QED) is 0.671. The minimum atomic E-state index is -0.712. The molecule has 1 aliphatic heterocycles. The third-order valence-electron chi connectivity index (χ3n) is 4.87. The number of likely N-dealkylation sites (tertiary alicyclic amines) is 1. The van der Waals surface area contributed by atoms with Crippen molar-refractivity contribution in [2.24, 2.45) is 0 Å². The van der Waals surface area contributed by atoms with Crippen molar-refractivity contribution in [1.29, 1.82) is 0 Å². The van der Waals surface area contributed by atoms with Crippen LogP contribution in [0.2, 0.25) is 0 Å². The van der Waals surface area contributed by atoms with Gasteiger partial charge in [0.1, 0.15) is 11.6 Å². The molecule has 3 aromatic rings. The Bertz CT molecular complexity index is 977. The van der Waals surface area contributed by atoms with Crippen LogP contribution in [0.15, 0.2) is 47.2 Å². The first kappa shape index (κ1) is 18.2. The molecule has 0 radical (unpaired) electrons. The van der Waals surface area contributed by atoms with Crippen LogP contribution in [-0.4, -0.2) is 38.5 Å². The van der Waals surface area contributed by atoms with Crippen molar-refractivity contribution in [3.8, 4) is 11.5 Å². The summed E-state index contributed by atoms with van der Waals surface area (Å²) in [5.41, 5.74) is 0.505. The van der Waals surface area contributed by atoms with E-state index in [4.69, 9.17) is 4.52 Å². The van der Waals surface area contributed by atoms with Crippen LogP contribution in [0.5, 0.6) is 0 Å². The molecule has 0 aliphatic carbocycles. The highest BCUT2D eigenvalue weighted by molar-refractivity contribution is 5.94. The number of carbonyl (C=O) groups excluding carboxylic acids is 1. The van der Waals surface area contributed by atoms with E-state index in [2.05, 4.69) is 15.1 Å². The summed E-state index contributed by atoms with van der Waals surface area (Å²) in [6, 6.07) is 6.47. The number of carbonyl (C=O) groups is 1. The Hall–Kier alpha value is -3.16.